The van der Waals surface area contributed by atoms with Crippen molar-refractivity contribution < 1.29 is 29.7 Å². The zero-order valence-electron chi connectivity index (χ0n) is 18.1. The van der Waals surface area contributed by atoms with Crippen LogP contribution in [0.3, 0.4) is 0 Å². The van der Waals surface area contributed by atoms with Crippen LogP contribution in [0, 0.1) is 0 Å². The van der Waals surface area contributed by atoms with Crippen LogP contribution in [0.4, 0.5) is 11.4 Å². The van der Waals surface area contributed by atoms with E-state index in [1.54, 1.807) is 25.1 Å². The Morgan fingerprint density at radius 2 is 1.06 bits per heavy atom. The Kier molecular flexibility index (Phi) is 12.6. The fourth-order valence-electron chi connectivity index (χ4n) is 1.56. The van der Waals surface area contributed by atoms with Crippen LogP contribution in [0.25, 0.3) is 6.08 Å². The van der Waals surface area contributed by atoms with E-state index in [9.17, 15) is 14.4 Å². The summed E-state index contributed by atoms with van der Waals surface area (Å²) in [4.78, 5) is 29.9. The van der Waals surface area contributed by atoms with Crippen molar-refractivity contribution in [3.8, 4) is 0 Å². The van der Waals surface area contributed by atoms with Gasteiger partial charge in [-0.3, -0.25) is 0 Å². The third kappa shape index (κ3) is 13.0. The van der Waals surface area contributed by atoms with Gasteiger partial charge in [-0.2, -0.15) is 10.2 Å². The van der Waals surface area contributed by atoms with E-state index in [4.69, 9.17) is 15.3 Å². The number of aliphatic carboxylic acids is 3. The summed E-state index contributed by atoms with van der Waals surface area (Å²) in [6.07, 6.45) is 1.61. The summed E-state index contributed by atoms with van der Waals surface area (Å²) >= 11 is 0. The van der Waals surface area contributed by atoms with E-state index in [0.717, 1.165) is 16.9 Å². The van der Waals surface area contributed by atoms with Crippen LogP contribution >= 0.6 is 0 Å². The molecule has 0 aliphatic heterocycles. The molecule has 0 aliphatic rings. The number of nitrogens with zero attached hydrogens (tertiary/aromatic N) is 2. The summed E-state index contributed by atoms with van der Waals surface area (Å²) in [5.41, 5.74) is 2.98. The van der Waals surface area contributed by atoms with E-state index < -0.39 is 17.9 Å². The van der Waals surface area contributed by atoms with E-state index >= 15 is 0 Å². The maximum atomic E-state index is 10.7. The van der Waals surface area contributed by atoms with Crippen LogP contribution in [0.15, 0.2) is 94.7 Å². The largest absolute Gasteiger partial charge is 0.478 e. The van der Waals surface area contributed by atoms with Crippen LogP contribution in [0.1, 0.15) is 26.3 Å². The molecule has 0 amide bonds. The Balaban J connectivity index is 0.000000662. The lowest BCUT2D eigenvalue weighted by atomic mass is 10.1. The van der Waals surface area contributed by atoms with E-state index in [1.807, 2.05) is 42.5 Å². The molecule has 2 rings (SSSR count). The fraction of sp³-hybridized carbons (Fsp3) is 0.125. The van der Waals surface area contributed by atoms with E-state index in [2.05, 4.69) is 23.4 Å². The number of carboxylic acid groups (broad SMARTS) is 3. The highest BCUT2D eigenvalue weighted by atomic mass is 16.4. The van der Waals surface area contributed by atoms with Gasteiger partial charge in [-0.1, -0.05) is 43.5 Å². The molecule has 32 heavy (non-hydrogen) atoms. The molecule has 0 heterocycles. The molecule has 0 saturated heterocycles. The fourth-order valence-corrected chi connectivity index (χ4v) is 1.56. The predicted molar refractivity (Wildman–Crippen MR) is 123 cm³/mol. The van der Waals surface area contributed by atoms with Crippen molar-refractivity contribution in [1.29, 1.82) is 0 Å². The van der Waals surface area contributed by atoms with Gasteiger partial charge in [-0.05, 0) is 56.7 Å². The van der Waals surface area contributed by atoms with Crippen LogP contribution in [0.5, 0.6) is 0 Å². The van der Waals surface area contributed by atoms with Gasteiger partial charge in [-0.25, -0.2) is 14.4 Å². The lowest BCUT2D eigenvalue weighted by Crippen LogP contribution is -1.95. The minimum absolute atomic E-state index is 0.176. The molecule has 168 valence electrons. The summed E-state index contributed by atoms with van der Waals surface area (Å²) in [5, 5.41) is 32.8. The van der Waals surface area contributed by atoms with Gasteiger partial charge < -0.3 is 15.3 Å². The Labute approximate surface area is 186 Å². The minimum atomic E-state index is -0.935. The third-order valence-electron chi connectivity index (χ3n) is 3.38. The molecule has 0 unspecified atom stereocenters. The summed E-state index contributed by atoms with van der Waals surface area (Å²) in [6, 6.07) is 16.7. The first-order chi connectivity index (χ1) is 14.9. The molecular weight excluding hydrogens is 412 g/mol. The standard InChI is InChI=1S/C16H14N2O2.2C4H6O2/c1-12(16(19)20)11-13-7-9-15(10-8-13)18-17-14-5-3-2-4-6-14;2*1-3(2)4(5)6/h2-11H,1H3,(H,19,20);2*1H2,2H3,(H,5,6). The smallest absolute Gasteiger partial charge is 0.331 e. The lowest BCUT2D eigenvalue weighted by molar-refractivity contribution is -0.133. The summed E-state index contributed by atoms with van der Waals surface area (Å²) < 4.78 is 0. The molecule has 0 radical (unpaired) electrons. The van der Waals surface area contributed by atoms with Crippen molar-refractivity contribution in [2.24, 2.45) is 10.2 Å². The third-order valence-corrected chi connectivity index (χ3v) is 3.38. The van der Waals surface area contributed by atoms with Gasteiger partial charge >= 0.3 is 17.9 Å². The second-order valence-corrected chi connectivity index (χ2v) is 6.43. The van der Waals surface area contributed by atoms with E-state index in [1.165, 1.54) is 13.8 Å². The van der Waals surface area contributed by atoms with Crippen molar-refractivity contribution >= 4 is 35.4 Å². The zero-order chi connectivity index (χ0) is 24.7. The average molecular weight is 438 g/mol. The number of azo groups is 1. The molecule has 3 N–H and O–H groups in total. The van der Waals surface area contributed by atoms with Crippen LogP contribution < -0.4 is 0 Å². The van der Waals surface area contributed by atoms with Gasteiger partial charge in [0.15, 0.2) is 0 Å². The highest BCUT2D eigenvalue weighted by molar-refractivity contribution is 5.91. The lowest BCUT2D eigenvalue weighted by Gasteiger charge is -1.97. The number of rotatable bonds is 6. The van der Waals surface area contributed by atoms with Gasteiger partial charge in [-0.15, -0.1) is 0 Å². The molecule has 8 nitrogen and oxygen atoms in total. The van der Waals surface area contributed by atoms with Crippen LogP contribution in [-0.4, -0.2) is 33.2 Å². The highest BCUT2D eigenvalue weighted by Crippen LogP contribution is 2.19. The first-order valence-corrected chi connectivity index (χ1v) is 9.20. The number of benzene rings is 2. The number of hydrogen-bond donors (Lipinski definition) is 3. The Hall–Kier alpha value is -4.33. The summed E-state index contributed by atoms with van der Waals surface area (Å²) in [6.45, 7) is 10.8. The van der Waals surface area contributed by atoms with Crippen LogP contribution in [0.2, 0.25) is 0 Å². The average Bonchev–Trinajstić information content (AvgIpc) is 2.74. The number of hydrogen-bond acceptors (Lipinski definition) is 5. The van der Waals surface area contributed by atoms with Crippen LogP contribution in [-0.2, 0) is 14.4 Å². The Morgan fingerprint density at radius 1 is 0.688 bits per heavy atom. The number of carboxylic acids is 3. The number of carbonyl (C=O) groups is 3. The maximum Gasteiger partial charge on any atom is 0.331 e. The van der Waals surface area contributed by atoms with Gasteiger partial charge in [0.25, 0.3) is 0 Å². The maximum absolute atomic E-state index is 10.7. The predicted octanol–water partition coefficient (Wildman–Crippen LogP) is 5.88. The minimum Gasteiger partial charge on any atom is -0.478 e. The molecule has 2 aromatic carbocycles. The molecule has 0 spiro atoms. The Morgan fingerprint density at radius 3 is 1.41 bits per heavy atom. The van der Waals surface area contributed by atoms with Crippen molar-refractivity contribution in [3.63, 3.8) is 0 Å². The Bertz CT molecular complexity index is 959. The molecule has 0 fully saturated rings. The topological polar surface area (TPSA) is 137 Å². The first-order valence-electron chi connectivity index (χ1n) is 9.20. The van der Waals surface area contributed by atoms with Gasteiger partial charge in [0, 0.05) is 16.7 Å². The first kappa shape index (κ1) is 27.7. The van der Waals surface area contributed by atoms with Gasteiger partial charge in [0.05, 0.1) is 11.4 Å². The molecule has 2 aromatic rings. The molecule has 0 atom stereocenters. The summed E-state index contributed by atoms with van der Waals surface area (Å²) in [5.74, 6) is -2.79. The van der Waals surface area contributed by atoms with Crippen molar-refractivity contribution in [2.75, 3.05) is 0 Å². The molecule has 8 heteroatoms. The summed E-state index contributed by atoms with van der Waals surface area (Å²) in [7, 11) is 0. The van der Waals surface area contributed by atoms with Crippen molar-refractivity contribution in [1.82, 2.24) is 0 Å². The zero-order valence-corrected chi connectivity index (χ0v) is 18.1. The second-order valence-electron chi connectivity index (χ2n) is 6.43. The molecular formula is C24H26N2O6. The molecule has 0 bridgehead atoms. The molecule has 0 saturated carbocycles. The van der Waals surface area contributed by atoms with Gasteiger partial charge in [0.2, 0.25) is 0 Å². The van der Waals surface area contributed by atoms with E-state index in [-0.39, 0.29) is 11.1 Å². The SMILES string of the molecule is C=C(C)C(=O)O.C=C(C)C(=O)O.CC(=Cc1ccc(N=Nc2ccccc2)cc1)C(=O)O. The highest BCUT2D eigenvalue weighted by Gasteiger charge is 1.99. The van der Waals surface area contributed by atoms with Gasteiger partial charge in [0.1, 0.15) is 0 Å². The quantitative estimate of drug-likeness (QED) is 0.380. The normalized spacial score (nSPS) is 10.2. The van der Waals surface area contributed by atoms with E-state index in [0.29, 0.717) is 5.57 Å². The second kappa shape index (κ2) is 14.6. The molecule has 0 aromatic heterocycles. The van der Waals surface area contributed by atoms with Crippen molar-refractivity contribution in [2.45, 2.75) is 20.8 Å². The molecule has 0 aliphatic carbocycles. The monoisotopic (exact) mass is 438 g/mol. The van der Waals surface area contributed by atoms with Crippen molar-refractivity contribution in [3.05, 3.63) is 90.0 Å².